The molecule has 8 heteroatoms. The van der Waals surface area contributed by atoms with Crippen LogP contribution in [0.25, 0.3) is 0 Å². The lowest BCUT2D eigenvalue weighted by molar-refractivity contribution is -0.137. The predicted octanol–water partition coefficient (Wildman–Crippen LogP) is 6.52. The molecule has 3 nitrogen and oxygen atoms in total. The molecule has 122 valence electrons. The van der Waals surface area contributed by atoms with Crippen LogP contribution in [0.3, 0.4) is 0 Å². The smallest absolute Gasteiger partial charge is 0.416 e. The summed E-state index contributed by atoms with van der Waals surface area (Å²) < 4.78 is 44.3. The van der Waals surface area contributed by atoms with Crippen molar-refractivity contribution in [2.24, 2.45) is 10.2 Å². The van der Waals surface area contributed by atoms with Crippen LogP contribution in [0.15, 0.2) is 55.6 Å². The molecule has 0 aromatic heterocycles. The molecule has 23 heavy (non-hydrogen) atoms. The third-order valence-corrected chi connectivity index (χ3v) is 3.96. The summed E-state index contributed by atoms with van der Waals surface area (Å²) in [6.07, 6.45) is -4.36. The van der Waals surface area contributed by atoms with Gasteiger partial charge >= 0.3 is 6.18 Å². The van der Waals surface area contributed by atoms with Gasteiger partial charge in [-0.15, -0.1) is 0 Å². The summed E-state index contributed by atoms with van der Waals surface area (Å²) in [6.45, 7) is 0.238. The van der Waals surface area contributed by atoms with Gasteiger partial charge in [0.25, 0.3) is 0 Å². The van der Waals surface area contributed by atoms with E-state index in [1.54, 1.807) is 7.11 Å². The van der Waals surface area contributed by atoms with Gasteiger partial charge in [0.2, 0.25) is 0 Å². The van der Waals surface area contributed by atoms with E-state index in [4.69, 9.17) is 4.74 Å². The molecule has 0 radical (unpaired) electrons. The maximum atomic E-state index is 12.5. The van der Waals surface area contributed by atoms with Crippen molar-refractivity contribution in [1.82, 2.24) is 0 Å². The normalized spacial score (nSPS) is 11.9. The standard InChI is InChI=1S/C15H11Br2F3N2O/c1-23-14-9(6-11(16)7-13(14)17)8-21-22-12-4-2-10(3-5-12)15(18,19)20/h2-7H,8H2,1H3. The van der Waals surface area contributed by atoms with Gasteiger partial charge < -0.3 is 4.74 Å². The maximum absolute atomic E-state index is 12.5. The van der Waals surface area contributed by atoms with Crippen LogP contribution in [-0.2, 0) is 12.7 Å². The number of azo groups is 1. The molecule has 0 spiro atoms. The number of rotatable bonds is 4. The molecule has 0 amide bonds. The molecule has 0 aliphatic rings. The lowest BCUT2D eigenvalue weighted by Gasteiger charge is -2.09. The van der Waals surface area contributed by atoms with Crippen molar-refractivity contribution in [3.8, 4) is 5.75 Å². The zero-order valence-electron chi connectivity index (χ0n) is 11.9. The fourth-order valence-corrected chi connectivity index (χ4v) is 3.35. The fourth-order valence-electron chi connectivity index (χ4n) is 1.87. The molecule has 0 N–H and O–H groups in total. The quantitative estimate of drug-likeness (QED) is 0.487. The Labute approximate surface area is 147 Å². The molecule has 2 aromatic rings. The number of nitrogens with zero attached hydrogens (tertiary/aromatic N) is 2. The molecule has 2 aromatic carbocycles. The Morgan fingerprint density at radius 1 is 1.09 bits per heavy atom. The third kappa shape index (κ3) is 4.78. The molecule has 0 heterocycles. The Bertz CT molecular complexity index is 716. The van der Waals surface area contributed by atoms with Crippen molar-refractivity contribution in [2.75, 3.05) is 7.11 Å². The van der Waals surface area contributed by atoms with Crippen LogP contribution in [0.5, 0.6) is 5.75 Å². The van der Waals surface area contributed by atoms with Gasteiger partial charge in [0, 0.05) is 10.0 Å². The Morgan fingerprint density at radius 2 is 1.74 bits per heavy atom. The lowest BCUT2D eigenvalue weighted by Crippen LogP contribution is -2.03. The number of hydrogen-bond acceptors (Lipinski definition) is 3. The number of hydrogen-bond donors (Lipinski definition) is 0. The number of alkyl halides is 3. The van der Waals surface area contributed by atoms with Crippen LogP contribution in [0.4, 0.5) is 18.9 Å². The average molecular weight is 452 g/mol. The van der Waals surface area contributed by atoms with Crippen LogP contribution in [0, 0.1) is 0 Å². The second-order valence-corrected chi connectivity index (χ2v) is 6.29. The minimum Gasteiger partial charge on any atom is -0.495 e. The van der Waals surface area contributed by atoms with Gasteiger partial charge in [-0.1, -0.05) is 15.9 Å². The number of benzene rings is 2. The Kier molecular flexibility index (Phi) is 5.80. The van der Waals surface area contributed by atoms with E-state index in [1.807, 2.05) is 12.1 Å². The van der Waals surface area contributed by atoms with E-state index in [2.05, 4.69) is 42.1 Å². The van der Waals surface area contributed by atoms with Gasteiger partial charge in [0.1, 0.15) is 5.75 Å². The van der Waals surface area contributed by atoms with Crippen LogP contribution in [0.2, 0.25) is 0 Å². The predicted molar refractivity (Wildman–Crippen MR) is 88.1 cm³/mol. The summed E-state index contributed by atoms with van der Waals surface area (Å²) in [4.78, 5) is 0. The van der Waals surface area contributed by atoms with Crippen LogP contribution in [-0.4, -0.2) is 7.11 Å². The summed E-state index contributed by atoms with van der Waals surface area (Å²) in [6, 6.07) is 8.20. The number of ether oxygens (including phenoxy) is 1. The van der Waals surface area contributed by atoms with E-state index in [-0.39, 0.29) is 6.54 Å². The van der Waals surface area contributed by atoms with E-state index in [0.717, 1.165) is 26.6 Å². The van der Waals surface area contributed by atoms with E-state index in [1.165, 1.54) is 12.1 Å². The highest BCUT2D eigenvalue weighted by atomic mass is 79.9. The second-order valence-electron chi connectivity index (χ2n) is 4.52. The number of halogens is 5. The van der Waals surface area contributed by atoms with Crippen molar-refractivity contribution in [2.45, 2.75) is 12.7 Å². The monoisotopic (exact) mass is 450 g/mol. The first kappa shape index (κ1) is 17.9. The van der Waals surface area contributed by atoms with Crippen molar-refractivity contribution in [3.05, 3.63) is 56.5 Å². The highest BCUT2D eigenvalue weighted by Crippen LogP contribution is 2.33. The van der Waals surface area contributed by atoms with Gasteiger partial charge in [0.15, 0.2) is 0 Å². The highest BCUT2D eigenvalue weighted by Gasteiger charge is 2.29. The van der Waals surface area contributed by atoms with Gasteiger partial charge in [0.05, 0.1) is 29.4 Å². The summed E-state index contributed by atoms with van der Waals surface area (Å²) in [7, 11) is 1.55. The summed E-state index contributed by atoms with van der Waals surface area (Å²) in [5.41, 5.74) is 0.435. The lowest BCUT2D eigenvalue weighted by atomic mass is 10.2. The molecule has 2 rings (SSSR count). The van der Waals surface area contributed by atoms with Crippen LogP contribution in [0.1, 0.15) is 11.1 Å². The molecule has 0 saturated heterocycles. The molecular weight excluding hydrogens is 441 g/mol. The highest BCUT2D eigenvalue weighted by molar-refractivity contribution is 9.11. The zero-order chi connectivity index (χ0) is 17.0. The SMILES string of the molecule is COc1c(Br)cc(Br)cc1CN=Nc1ccc(C(F)(F)F)cc1. The van der Waals surface area contributed by atoms with Gasteiger partial charge in [-0.05, 0) is 52.3 Å². The second kappa shape index (κ2) is 7.44. The van der Waals surface area contributed by atoms with Crippen molar-refractivity contribution >= 4 is 37.5 Å². The molecule has 0 fully saturated rings. The molecule has 0 unspecified atom stereocenters. The number of methoxy groups -OCH3 is 1. The maximum Gasteiger partial charge on any atom is 0.416 e. The minimum absolute atomic E-state index is 0.238. The average Bonchev–Trinajstić information content (AvgIpc) is 2.46. The molecule has 0 aliphatic carbocycles. The summed E-state index contributed by atoms with van der Waals surface area (Å²) in [5.74, 6) is 0.638. The van der Waals surface area contributed by atoms with Gasteiger partial charge in [-0.25, -0.2) is 0 Å². The van der Waals surface area contributed by atoms with E-state index >= 15 is 0 Å². The first-order valence-corrected chi connectivity index (χ1v) is 7.96. The Balaban J connectivity index is 2.13. The van der Waals surface area contributed by atoms with Gasteiger partial charge in [-0.3, -0.25) is 0 Å². The van der Waals surface area contributed by atoms with Crippen molar-refractivity contribution in [1.29, 1.82) is 0 Å². The van der Waals surface area contributed by atoms with Gasteiger partial charge in [-0.2, -0.15) is 23.4 Å². The third-order valence-electron chi connectivity index (χ3n) is 2.91. The van der Waals surface area contributed by atoms with Crippen LogP contribution < -0.4 is 4.74 Å². The summed E-state index contributed by atoms with van der Waals surface area (Å²) in [5, 5.41) is 7.95. The van der Waals surface area contributed by atoms with E-state index in [9.17, 15) is 13.2 Å². The van der Waals surface area contributed by atoms with Crippen LogP contribution >= 0.6 is 31.9 Å². The van der Waals surface area contributed by atoms with E-state index < -0.39 is 11.7 Å². The first-order chi connectivity index (χ1) is 10.8. The topological polar surface area (TPSA) is 34.0 Å². The Morgan fingerprint density at radius 3 is 2.30 bits per heavy atom. The molecule has 0 aliphatic heterocycles. The summed E-state index contributed by atoms with van der Waals surface area (Å²) >= 11 is 6.76. The molecule has 0 saturated carbocycles. The minimum atomic E-state index is -4.36. The van der Waals surface area contributed by atoms with Crippen molar-refractivity contribution < 1.29 is 17.9 Å². The zero-order valence-corrected chi connectivity index (χ0v) is 15.0. The first-order valence-electron chi connectivity index (χ1n) is 6.38. The van der Waals surface area contributed by atoms with E-state index in [0.29, 0.717) is 11.4 Å². The fraction of sp³-hybridized carbons (Fsp3) is 0.200. The Hall–Kier alpha value is -1.41. The molecule has 0 bridgehead atoms. The van der Waals surface area contributed by atoms with Crippen molar-refractivity contribution in [3.63, 3.8) is 0 Å². The largest absolute Gasteiger partial charge is 0.495 e. The molecule has 0 atom stereocenters. The molecular formula is C15H11Br2F3N2O.